The maximum absolute atomic E-state index is 11.5. The van der Waals surface area contributed by atoms with Gasteiger partial charge >= 0.3 is 5.69 Å². The van der Waals surface area contributed by atoms with E-state index < -0.39 is 4.92 Å². The Labute approximate surface area is 121 Å². The number of nitrogens with zero attached hydrogens (tertiary/aromatic N) is 4. The van der Waals surface area contributed by atoms with Gasteiger partial charge in [-0.05, 0) is 18.5 Å². The summed E-state index contributed by atoms with van der Waals surface area (Å²) < 4.78 is 0. The molecule has 1 rings (SSSR count). The van der Waals surface area contributed by atoms with Crippen LogP contribution in [0.1, 0.15) is 12.6 Å². The molecule has 0 radical (unpaired) electrons. The van der Waals surface area contributed by atoms with E-state index in [1.807, 2.05) is 0 Å². The van der Waals surface area contributed by atoms with Gasteiger partial charge in [0.15, 0.2) is 0 Å². The molecule has 20 heavy (non-hydrogen) atoms. The lowest BCUT2D eigenvalue weighted by atomic mass is 10.1. The van der Waals surface area contributed by atoms with Crippen LogP contribution in [-0.4, -0.2) is 41.4 Å². The third-order valence-electron chi connectivity index (χ3n) is 2.80. The van der Waals surface area contributed by atoms with Crippen molar-refractivity contribution in [3.63, 3.8) is 0 Å². The maximum Gasteiger partial charge on any atom is 0.332 e. The molecule has 9 heteroatoms. The van der Waals surface area contributed by atoms with Crippen LogP contribution in [0.5, 0.6) is 0 Å². The van der Waals surface area contributed by atoms with Crippen molar-refractivity contribution in [1.82, 2.24) is 15.3 Å². The summed E-state index contributed by atoms with van der Waals surface area (Å²) in [6.45, 7) is 3.48. The smallest absolute Gasteiger partial charge is 0.332 e. The van der Waals surface area contributed by atoms with Crippen LogP contribution in [0.25, 0.3) is 0 Å². The van der Waals surface area contributed by atoms with Crippen molar-refractivity contribution in [2.45, 2.75) is 13.8 Å². The van der Waals surface area contributed by atoms with Crippen LogP contribution < -0.4 is 10.2 Å². The minimum atomic E-state index is -0.554. The van der Waals surface area contributed by atoms with E-state index in [4.69, 9.17) is 11.6 Å². The summed E-state index contributed by atoms with van der Waals surface area (Å²) in [6, 6.07) is 0. The molecule has 0 fully saturated rings. The number of aryl methyl sites for hydroxylation is 1. The monoisotopic (exact) mass is 301 g/mol. The number of halogens is 1. The molecule has 0 aliphatic rings. The number of carbonyl (C=O) groups is 1. The lowest BCUT2D eigenvalue weighted by Crippen LogP contribution is -2.35. The SMILES string of the molecule is CNC(=O)C(C)CN(C)c1nc(Cl)nc(C)c1[N+](=O)[O-]. The first-order chi connectivity index (χ1) is 9.27. The molecule has 1 N–H and O–H groups in total. The van der Waals surface area contributed by atoms with Gasteiger partial charge in [-0.25, -0.2) is 4.98 Å². The van der Waals surface area contributed by atoms with Crippen molar-refractivity contribution in [1.29, 1.82) is 0 Å². The van der Waals surface area contributed by atoms with Gasteiger partial charge in [-0.15, -0.1) is 0 Å². The molecular weight excluding hydrogens is 286 g/mol. The highest BCUT2D eigenvalue weighted by Crippen LogP contribution is 2.29. The molecule has 1 aromatic rings. The second-order valence-corrected chi connectivity index (χ2v) is 4.74. The highest BCUT2D eigenvalue weighted by molar-refractivity contribution is 6.28. The number of aromatic nitrogens is 2. The number of hydrogen-bond acceptors (Lipinski definition) is 6. The lowest BCUT2D eigenvalue weighted by molar-refractivity contribution is -0.385. The maximum atomic E-state index is 11.5. The fourth-order valence-corrected chi connectivity index (χ4v) is 2.03. The first-order valence-electron chi connectivity index (χ1n) is 5.89. The minimum Gasteiger partial charge on any atom is -0.359 e. The Morgan fingerprint density at radius 3 is 2.65 bits per heavy atom. The fourth-order valence-electron chi connectivity index (χ4n) is 1.82. The standard InChI is InChI=1S/C11H16ClN5O3/c1-6(10(18)13-3)5-16(4)9-8(17(19)20)7(2)14-11(12)15-9/h6H,5H2,1-4H3,(H,13,18). The Balaban J connectivity index is 3.12. The van der Waals surface area contributed by atoms with Crippen molar-refractivity contribution in [2.24, 2.45) is 5.92 Å². The molecule has 0 aliphatic heterocycles. The molecule has 1 atom stereocenters. The van der Waals surface area contributed by atoms with Crippen molar-refractivity contribution in [3.05, 3.63) is 21.1 Å². The fraction of sp³-hybridized carbons (Fsp3) is 0.545. The Morgan fingerprint density at radius 2 is 2.15 bits per heavy atom. The van der Waals surface area contributed by atoms with E-state index in [1.165, 1.54) is 18.9 Å². The molecule has 1 amide bonds. The van der Waals surface area contributed by atoms with E-state index in [1.54, 1.807) is 14.0 Å². The third kappa shape index (κ3) is 3.53. The van der Waals surface area contributed by atoms with Crippen LogP contribution in [0.3, 0.4) is 0 Å². The van der Waals surface area contributed by atoms with Gasteiger partial charge in [0.2, 0.25) is 17.0 Å². The van der Waals surface area contributed by atoms with E-state index >= 15 is 0 Å². The predicted molar refractivity (Wildman–Crippen MR) is 74.9 cm³/mol. The molecule has 0 saturated heterocycles. The number of hydrogen-bond donors (Lipinski definition) is 1. The lowest BCUT2D eigenvalue weighted by Gasteiger charge is -2.21. The number of amides is 1. The van der Waals surface area contributed by atoms with Gasteiger partial charge in [0, 0.05) is 20.6 Å². The number of nitro groups is 1. The van der Waals surface area contributed by atoms with Gasteiger partial charge in [0.05, 0.1) is 10.8 Å². The Bertz CT molecular complexity index is 537. The molecule has 0 bridgehead atoms. The van der Waals surface area contributed by atoms with E-state index in [-0.39, 0.29) is 40.9 Å². The quantitative estimate of drug-likeness (QED) is 0.497. The Hall–Kier alpha value is -1.96. The molecule has 110 valence electrons. The zero-order chi connectivity index (χ0) is 15.4. The molecule has 1 aromatic heterocycles. The summed E-state index contributed by atoms with van der Waals surface area (Å²) in [5.74, 6) is -0.404. The van der Waals surface area contributed by atoms with Crippen molar-refractivity contribution < 1.29 is 9.72 Å². The molecule has 1 unspecified atom stereocenters. The van der Waals surface area contributed by atoms with E-state index in [9.17, 15) is 14.9 Å². The Morgan fingerprint density at radius 1 is 1.55 bits per heavy atom. The van der Waals surface area contributed by atoms with Gasteiger partial charge in [-0.3, -0.25) is 14.9 Å². The number of carbonyl (C=O) groups excluding carboxylic acids is 1. The number of rotatable bonds is 5. The van der Waals surface area contributed by atoms with Gasteiger partial charge in [-0.1, -0.05) is 6.92 Å². The van der Waals surface area contributed by atoms with Crippen LogP contribution in [0.4, 0.5) is 11.5 Å². The zero-order valence-corrected chi connectivity index (χ0v) is 12.4. The van der Waals surface area contributed by atoms with Crippen LogP contribution in [0, 0.1) is 23.0 Å². The Kier molecular flexibility index (Phi) is 5.20. The summed E-state index contributed by atoms with van der Waals surface area (Å²) in [5.41, 5.74) is -0.0227. The third-order valence-corrected chi connectivity index (χ3v) is 2.97. The molecule has 0 aliphatic carbocycles. The molecule has 1 heterocycles. The molecule has 0 saturated carbocycles. The van der Waals surface area contributed by atoms with Gasteiger partial charge in [0.1, 0.15) is 5.69 Å². The molecule has 8 nitrogen and oxygen atoms in total. The van der Waals surface area contributed by atoms with Crippen LogP contribution in [0.15, 0.2) is 0 Å². The summed E-state index contributed by atoms with van der Waals surface area (Å²) in [4.78, 5) is 31.3. The second kappa shape index (κ2) is 6.47. The second-order valence-electron chi connectivity index (χ2n) is 4.40. The van der Waals surface area contributed by atoms with Crippen molar-refractivity contribution in [2.75, 3.05) is 25.5 Å². The van der Waals surface area contributed by atoms with E-state index in [2.05, 4.69) is 15.3 Å². The van der Waals surface area contributed by atoms with Crippen LogP contribution in [0.2, 0.25) is 5.28 Å². The highest BCUT2D eigenvalue weighted by atomic mass is 35.5. The zero-order valence-electron chi connectivity index (χ0n) is 11.7. The summed E-state index contributed by atoms with van der Waals surface area (Å²) in [7, 11) is 3.15. The normalized spacial score (nSPS) is 11.8. The average molecular weight is 302 g/mol. The average Bonchev–Trinajstić information content (AvgIpc) is 2.35. The van der Waals surface area contributed by atoms with Crippen molar-refractivity contribution >= 4 is 29.0 Å². The molecule has 0 spiro atoms. The minimum absolute atomic E-state index is 0.0671. The summed E-state index contributed by atoms with van der Waals surface area (Å²) >= 11 is 5.75. The van der Waals surface area contributed by atoms with Crippen LogP contribution in [-0.2, 0) is 4.79 Å². The molecular formula is C11H16ClN5O3. The first-order valence-corrected chi connectivity index (χ1v) is 6.27. The van der Waals surface area contributed by atoms with E-state index in [0.29, 0.717) is 0 Å². The van der Waals surface area contributed by atoms with Crippen molar-refractivity contribution in [3.8, 4) is 0 Å². The first kappa shape index (κ1) is 16.1. The number of anilines is 1. The van der Waals surface area contributed by atoms with Gasteiger partial charge < -0.3 is 10.2 Å². The van der Waals surface area contributed by atoms with E-state index in [0.717, 1.165) is 0 Å². The predicted octanol–water partition coefficient (Wildman–Crippen LogP) is 1.16. The van der Waals surface area contributed by atoms with Crippen LogP contribution >= 0.6 is 11.6 Å². The number of nitrogens with one attached hydrogen (secondary N) is 1. The largest absolute Gasteiger partial charge is 0.359 e. The van der Waals surface area contributed by atoms with Gasteiger partial charge in [-0.2, -0.15) is 4.98 Å². The van der Waals surface area contributed by atoms with Gasteiger partial charge in [0.25, 0.3) is 0 Å². The topological polar surface area (TPSA) is 101 Å². The summed E-state index contributed by atoms with van der Waals surface area (Å²) in [5, 5.41) is 13.6. The highest BCUT2D eigenvalue weighted by Gasteiger charge is 2.26. The molecule has 0 aromatic carbocycles. The summed E-state index contributed by atoms with van der Waals surface area (Å²) in [6.07, 6.45) is 0.